The molecule has 0 fully saturated rings. The first-order chi connectivity index (χ1) is 9.65. The molecular weight excluding hydrogens is 250 g/mol. The van der Waals surface area contributed by atoms with E-state index in [0.29, 0.717) is 0 Å². The summed E-state index contributed by atoms with van der Waals surface area (Å²) in [5.74, 6) is 0. The molecule has 3 N–H and O–H groups in total. The van der Waals surface area contributed by atoms with E-state index in [9.17, 15) is 0 Å². The average Bonchev–Trinajstić information content (AvgIpc) is 2.76. The van der Waals surface area contributed by atoms with Gasteiger partial charge in [-0.3, -0.25) is 9.67 Å². The second-order valence-corrected chi connectivity index (χ2v) is 4.87. The molecule has 5 heteroatoms. The van der Waals surface area contributed by atoms with Crippen molar-refractivity contribution in [3.8, 4) is 0 Å². The summed E-state index contributed by atoms with van der Waals surface area (Å²) >= 11 is 0. The normalized spacial score (nSPS) is 10.9. The van der Waals surface area contributed by atoms with Crippen LogP contribution in [0.4, 0.5) is 11.4 Å². The van der Waals surface area contributed by atoms with Crippen LogP contribution in [0.2, 0.25) is 0 Å². The third kappa shape index (κ3) is 2.18. The summed E-state index contributed by atoms with van der Waals surface area (Å²) in [6, 6.07) is 7.75. The van der Waals surface area contributed by atoms with Crippen LogP contribution in [-0.4, -0.2) is 14.8 Å². The predicted molar refractivity (Wildman–Crippen MR) is 81.4 cm³/mol. The first-order valence-corrected chi connectivity index (χ1v) is 6.51. The molecule has 1 aromatic carbocycles. The van der Waals surface area contributed by atoms with Crippen molar-refractivity contribution in [1.29, 1.82) is 0 Å². The van der Waals surface area contributed by atoms with Gasteiger partial charge in [0.15, 0.2) is 0 Å². The molecule has 5 nitrogen and oxygen atoms in total. The highest BCUT2D eigenvalue weighted by molar-refractivity contribution is 5.92. The molecule has 3 rings (SSSR count). The quantitative estimate of drug-likeness (QED) is 0.715. The first kappa shape index (κ1) is 12.5. The van der Waals surface area contributed by atoms with Crippen LogP contribution in [0.25, 0.3) is 10.9 Å². The van der Waals surface area contributed by atoms with E-state index in [2.05, 4.69) is 22.3 Å². The fraction of sp³-hybridized carbons (Fsp3) is 0.200. The zero-order chi connectivity index (χ0) is 14.1. The summed E-state index contributed by atoms with van der Waals surface area (Å²) in [5.41, 5.74) is 10.8. The number of aromatic nitrogens is 3. The maximum atomic E-state index is 5.79. The number of nitrogen functional groups attached to an aromatic ring is 1. The molecule has 0 amide bonds. The van der Waals surface area contributed by atoms with Crippen molar-refractivity contribution >= 4 is 22.3 Å². The van der Waals surface area contributed by atoms with Gasteiger partial charge in [-0.05, 0) is 31.2 Å². The molecule has 2 aromatic heterocycles. The molecular formula is C15H17N5. The summed E-state index contributed by atoms with van der Waals surface area (Å²) in [6.07, 6.45) is 3.68. The van der Waals surface area contributed by atoms with Crippen LogP contribution in [0.3, 0.4) is 0 Å². The second-order valence-electron chi connectivity index (χ2n) is 4.87. The van der Waals surface area contributed by atoms with Crippen LogP contribution in [-0.2, 0) is 13.6 Å². The Kier molecular flexibility index (Phi) is 3.02. The number of hydrogen-bond acceptors (Lipinski definition) is 4. The van der Waals surface area contributed by atoms with E-state index in [1.807, 2.05) is 42.2 Å². The van der Waals surface area contributed by atoms with E-state index in [1.165, 1.54) is 11.3 Å². The Morgan fingerprint density at radius 1 is 1.30 bits per heavy atom. The predicted octanol–water partition coefficient (Wildman–Crippen LogP) is 2.47. The lowest BCUT2D eigenvalue weighted by Gasteiger charge is -2.09. The van der Waals surface area contributed by atoms with Gasteiger partial charge in [0.1, 0.15) is 0 Å². The molecule has 0 aliphatic rings. The zero-order valence-corrected chi connectivity index (χ0v) is 11.6. The summed E-state index contributed by atoms with van der Waals surface area (Å²) in [5, 5.41) is 8.77. The van der Waals surface area contributed by atoms with Crippen LogP contribution in [0.1, 0.15) is 11.3 Å². The highest BCUT2D eigenvalue weighted by Crippen LogP contribution is 2.24. The number of nitrogens with two attached hydrogens (primary N) is 1. The molecule has 20 heavy (non-hydrogen) atoms. The van der Waals surface area contributed by atoms with Gasteiger partial charge in [0.2, 0.25) is 0 Å². The number of benzene rings is 1. The molecule has 0 saturated carbocycles. The Labute approximate surface area is 117 Å². The van der Waals surface area contributed by atoms with Crippen molar-refractivity contribution in [2.75, 3.05) is 11.1 Å². The van der Waals surface area contributed by atoms with Gasteiger partial charge < -0.3 is 11.1 Å². The number of anilines is 2. The minimum absolute atomic E-state index is 0.727. The topological polar surface area (TPSA) is 68.8 Å². The van der Waals surface area contributed by atoms with Gasteiger partial charge in [-0.15, -0.1) is 0 Å². The first-order valence-electron chi connectivity index (χ1n) is 6.51. The van der Waals surface area contributed by atoms with E-state index < -0.39 is 0 Å². The number of fused-ring (bicyclic) bond motifs is 1. The smallest absolute Gasteiger partial charge is 0.0743 e. The van der Waals surface area contributed by atoms with Crippen molar-refractivity contribution < 1.29 is 0 Å². The average molecular weight is 267 g/mol. The molecule has 0 bridgehead atoms. The fourth-order valence-electron chi connectivity index (χ4n) is 2.23. The van der Waals surface area contributed by atoms with Crippen molar-refractivity contribution in [3.63, 3.8) is 0 Å². The van der Waals surface area contributed by atoms with Gasteiger partial charge in [0, 0.05) is 47.8 Å². The zero-order valence-electron chi connectivity index (χ0n) is 11.6. The molecule has 0 aliphatic heterocycles. The van der Waals surface area contributed by atoms with E-state index in [-0.39, 0.29) is 0 Å². The number of rotatable bonds is 3. The van der Waals surface area contributed by atoms with Gasteiger partial charge in [-0.25, -0.2) is 0 Å². The van der Waals surface area contributed by atoms with Crippen molar-refractivity contribution in [2.24, 2.45) is 7.05 Å². The molecule has 0 unspecified atom stereocenters. The summed E-state index contributed by atoms with van der Waals surface area (Å²) in [4.78, 5) is 4.34. The van der Waals surface area contributed by atoms with E-state index in [4.69, 9.17) is 5.73 Å². The Morgan fingerprint density at radius 2 is 2.15 bits per heavy atom. The largest absolute Gasteiger partial charge is 0.399 e. The van der Waals surface area contributed by atoms with Gasteiger partial charge in [0.05, 0.1) is 11.7 Å². The highest BCUT2D eigenvalue weighted by atomic mass is 15.3. The molecule has 0 aliphatic carbocycles. The number of hydrogen-bond donors (Lipinski definition) is 2. The number of nitrogens with zero attached hydrogens (tertiary/aromatic N) is 3. The van der Waals surface area contributed by atoms with Crippen LogP contribution < -0.4 is 11.1 Å². The fourth-order valence-corrected chi connectivity index (χ4v) is 2.23. The van der Waals surface area contributed by atoms with Gasteiger partial charge in [-0.1, -0.05) is 0 Å². The summed E-state index contributed by atoms with van der Waals surface area (Å²) in [7, 11) is 1.95. The summed E-state index contributed by atoms with van der Waals surface area (Å²) < 4.78 is 1.88. The minimum atomic E-state index is 0.727. The lowest BCUT2D eigenvalue weighted by atomic mass is 10.1. The van der Waals surface area contributed by atoms with Crippen molar-refractivity contribution in [2.45, 2.75) is 13.5 Å². The van der Waals surface area contributed by atoms with E-state index in [0.717, 1.165) is 28.8 Å². The molecule has 2 heterocycles. The molecule has 102 valence electrons. The maximum absolute atomic E-state index is 5.79. The maximum Gasteiger partial charge on any atom is 0.0743 e. The van der Waals surface area contributed by atoms with Crippen LogP contribution in [0.15, 0.2) is 36.7 Å². The van der Waals surface area contributed by atoms with Crippen molar-refractivity contribution in [3.05, 3.63) is 47.9 Å². The third-order valence-electron chi connectivity index (χ3n) is 3.57. The van der Waals surface area contributed by atoms with Crippen LogP contribution >= 0.6 is 0 Å². The monoisotopic (exact) mass is 267 g/mol. The van der Waals surface area contributed by atoms with E-state index >= 15 is 0 Å². The Balaban J connectivity index is 1.89. The Hall–Kier alpha value is -2.56. The van der Waals surface area contributed by atoms with Gasteiger partial charge >= 0.3 is 0 Å². The standard InChI is InChI=1S/C15H17N5/c1-10-11(9-19-20(10)2)8-18-14-5-6-17-15-7-12(16)3-4-13(14)15/h3-7,9H,8,16H2,1-2H3,(H,17,18). The molecule has 3 aromatic rings. The Morgan fingerprint density at radius 3 is 2.90 bits per heavy atom. The van der Waals surface area contributed by atoms with Gasteiger partial charge in [0.25, 0.3) is 0 Å². The van der Waals surface area contributed by atoms with Gasteiger partial charge in [-0.2, -0.15) is 5.10 Å². The lowest BCUT2D eigenvalue weighted by molar-refractivity contribution is 0.738. The molecule has 0 atom stereocenters. The van der Waals surface area contributed by atoms with Crippen LogP contribution in [0.5, 0.6) is 0 Å². The molecule has 0 radical (unpaired) electrons. The molecule has 0 saturated heterocycles. The SMILES string of the molecule is Cc1c(CNc2ccnc3cc(N)ccc23)cnn1C. The minimum Gasteiger partial charge on any atom is -0.399 e. The Bertz CT molecular complexity index is 760. The number of pyridine rings is 1. The molecule has 0 spiro atoms. The summed E-state index contributed by atoms with van der Waals surface area (Å²) in [6.45, 7) is 2.80. The lowest BCUT2D eigenvalue weighted by Crippen LogP contribution is -2.02. The van der Waals surface area contributed by atoms with Crippen LogP contribution in [0, 0.1) is 6.92 Å². The highest BCUT2D eigenvalue weighted by Gasteiger charge is 2.05. The second kappa shape index (κ2) is 4.85. The van der Waals surface area contributed by atoms with Crippen molar-refractivity contribution in [1.82, 2.24) is 14.8 Å². The van der Waals surface area contributed by atoms with E-state index in [1.54, 1.807) is 6.20 Å². The number of nitrogens with one attached hydrogen (secondary N) is 1. The third-order valence-corrected chi connectivity index (χ3v) is 3.57. The number of aryl methyl sites for hydroxylation is 1.